The van der Waals surface area contributed by atoms with Crippen LogP contribution in [0.2, 0.25) is 0 Å². The quantitative estimate of drug-likeness (QED) is 0.842. The van der Waals surface area contributed by atoms with Crippen LogP contribution in [-0.4, -0.2) is 26.0 Å². The largest absolute Gasteiger partial charge is 0.497 e. The Bertz CT molecular complexity index is 781. The molecule has 0 unspecified atom stereocenters. The molecule has 6 nitrogen and oxygen atoms in total. The monoisotopic (exact) mass is 336 g/mol. The number of anilines is 2. The molecular formula is C16H14F2N2O4. The van der Waals surface area contributed by atoms with E-state index >= 15 is 0 Å². The van der Waals surface area contributed by atoms with Crippen LogP contribution in [-0.2, 0) is 9.59 Å². The number of ether oxygens (including phenoxy) is 2. The Morgan fingerprint density at radius 3 is 2.21 bits per heavy atom. The summed E-state index contributed by atoms with van der Waals surface area (Å²) in [5.74, 6) is -3.48. The second-order valence-electron chi connectivity index (χ2n) is 4.60. The summed E-state index contributed by atoms with van der Waals surface area (Å²) in [5, 5.41) is 4.52. The Hall–Kier alpha value is -3.16. The highest BCUT2D eigenvalue weighted by Gasteiger charge is 2.17. The average Bonchev–Trinajstić information content (AvgIpc) is 2.58. The van der Waals surface area contributed by atoms with E-state index in [0.29, 0.717) is 11.5 Å². The zero-order valence-corrected chi connectivity index (χ0v) is 12.9. The highest BCUT2D eigenvalue weighted by molar-refractivity contribution is 6.43. The normalized spacial score (nSPS) is 10.0. The predicted molar refractivity (Wildman–Crippen MR) is 83.2 cm³/mol. The van der Waals surface area contributed by atoms with Gasteiger partial charge in [0.1, 0.15) is 11.5 Å². The first-order valence-electron chi connectivity index (χ1n) is 6.74. The van der Waals surface area contributed by atoms with Gasteiger partial charge in [0.25, 0.3) is 0 Å². The van der Waals surface area contributed by atoms with Gasteiger partial charge >= 0.3 is 11.8 Å². The van der Waals surface area contributed by atoms with Gasteiger partial charge in [-0.1, -0.05) is 0 Å². The van der Waals surface area contributed by atoms with Crippen LogP contribution < -0.4 is 20.1 Å². The zero-order valence-electron chi connectivity index (χ0n) is 12.9. The number of carbonyl (C=O) groups is 2. The van der Waals surface area contributed by atoms with Gasteiger partial charge in [0.15, 0.2) is 11.6 Å². The molecule has 0 saturated carbocycles. The number of hydrogen-bond donors (Lipinski definition) is 2. The SMILES string of the molecule is COc1ccc(OC)c(NC(=O)C(=O)Nc2ccc(F)c(F)c2)c1. The van der Waals surface area contributed by atoms with E-state index in [4.69, 9.17) is 9.47 Å². The van der Waals surface area contributed by atoms with Gasteiger partial charge in [-0.25, -0.2) is 8.78 Å². The summed E-state index contributed by atoms with van der Waals surface area (Å²) >= 11 is 0. The number of amides is 2. The minimum atomic E-state index is -1.14. The van der Waals surface area contributed by atoms with Crippen LogP contribution in [0.3, 0.4) is 0 Å². The third-order valence-corrected chi connectivity index (χ3v) is 3.04. The highest BCUT2D eigenvalue weighted by Crippen LogP contribution is 2.28. The molecule has 24 heavy (non-hydrogen) atoms. The molecule has 2 aromatic carbocycles. The third kappa shape index (κ3) is 3.97. The third-order valence-electron chi connectivity index (χ3n) is 3.04. The first-order chi connectivity index (χ1) is 11.4. The van der Waals surface area contributed by atoms with Crippen LogP contribution >= 0.6 is 0 Å². The predicted octanol–water partition coefficient (Wildman–Crippen LogP) is 2.56. The van der Waals surface area contributed by atoms with Crippen LogP contribution in [0.4, 0.5) is 20.2 Å². The van der Waals surface area contributed by atoms with Crippen molar-refractivity contribution < 1.29 is 27.8 Å². The maximum atomic E-state index is 13.1. The van der Waals surface area contributed by atoms with E-state index in [1.807, 2.05) is 0 Å². The summed E-state index contributed by atoms with van der Waals surface area (Å²) in [7, 11) is 2.85. The topological polar surface area (TPSA) is 76.7 Å². The molecule has 0 fully saturated rings. The number of methoxy groups -OCH3 is 2. The molecule has 2 rings (SSSR count). The smallest absolute Gasteiger partial charge is 0.314 e. The first-order valence-corrected chi connectivity index (χ1v) is 6.74. The van der Waals surface area contributed by atoms with E-state index in [1.54, 1.807) is 12.1 Å². The van der Waals surface area contributed by atoms with Gasteiger partial charge < -0.3 is 20.1 Å². The van der Waals surface area contributed by atoms with Crippen LogP contribution in [0.5, 0.6) is 11.5 Å². The van der Waals surface area contributed by atoms with Crippen molar-refractivity contribution in [3.63, 3.8) is 0 Å². The molecule has 0 spiro atoms. The van der Waals surface area contributed by atoms with Crippen LogP contribution in [0.1, 0.15) is 0 Å². The van der Waals surface area contributed by atoms with Gasteiger partial charge in [-0.2, -0.15) is 0 Å². The fraction of sp³-hybridized carbons (Fsp3) is 0.125. The van der Waals surface area contributed by atoms with Crippen molar-refractivity contribution in [2.75, 3.05) is 24.9 Å². The first kappa shape index (κ1) is 17.2. The Morgan fingerprint density at radius 2 is 1.58 bits per heavy atom. The maximum absolute atomic E-state index is 13.1. The molecule has 0 heterocycles. The fourth-order valence-corrected chi connectivity index (χ4v) is 1.85. The lowest BCUT2D eigenvalue weighted by Crippen LogP contribution is -2.29. The molecule has 0 aliphatic carbocycles. The lowest BCUT2D eigenvalue weighted by molar-refractivity contribution is -0.133. The van der Waals surface area contributed by atoms with E-state index in [1.165, 1.54) is 20.3 Å². The summed E-state index contributed by atoms with van der Waals surface area (Å²) in [6.07, 6.45) is 0. The lowest BCUT2D eigenvalue weighted by atomic mass is 10.2. The standard InChI is InChI=1S/C16H14F2N2O4/c1-23-10-4-6-14(24-2)13(8-10)20-16(22)15(21)19-9-3-5-11(17)12(18)7-9/h3-8H,1-2H3,(H,19,21)(H,20,22). The molecule has 0 aromatic heterocycles. The number of carbonyl (C=O) groups excluding carboxylic acids is 2. The Kier molecular flexibility index (Phi) is 5.31. The summed E-state index contributed by atoms with van der Waals surface area (Å²) in [6.45, 7) is 0. The van der Waals surface area contributed by atoms with Crippen molar-refractivity contribution in [3.8, 4) is 11.5 Å². The molecule has 0 aliphatic heterocycles. The minimum absolute atomic E-state index is 0.0494. The molecule has 126 valence electrons. The van der Waals surface area contributed by atoms with Gasteiger partial charge in [0, 0.05) is 17.8 Å². The Balaban J connectivity index is 2.11. The molecule has 0 atom stereocenters. The van der Waals surface area contributed by atoms with E-state index in [9.17, 15) is 18.4 Å². The van der Waals surface area contributed by atoms with Crippen molar-refractivity contribution in [1.82, 2.24) is 0 Å². The second-order valence-corrected chi connectivity index (χ2v) is 4.60. The summed E-state index contributed by atoms with van der Waals surface area (Å²) in [4.78, 5) is 23.8. The van der Waals surface area contributed by atoms with E-state index in [0.717, 1.165) is 18.2 Å². The molecule has 0 saturated heterocycles. The molecule has 2 amide bonds. The van der Waals surface area contributed by atoms with Crippen molar-refractivity contribution in [3.05, 3.63) is 48.0 Å². The van der Waals surface area contributed by atoms with E-state index in [-0.39, 0.29) is 11.4 Å². The molecule has 0 radical (unpaired) electrons. The molecular weight excluding hydrogens is 322 g/mol. The molecule has 2 N–H and O–H groups in total. The molecule has 8 heteroatoms. The van der Waals surface area contributed by atoms with Gasteiger partial charge in [0.05, 0.1) is 19.9 Å². The number of hydrogen-bond acceptors (Lipinski definition) is 4. The molecule has 2 aromatic rings. The fourth-order valence-electron chi connectivity index (χ4n) is 1.85. The number of nitrogens with one attached hydrogen (secondary N) is 2. The van der Waals surface area contributed by atoms with Crippen molar-refractivity contribution >= 4 is 23.2 Å². The van der Waals surface area contributed by atoms with Gasteiger partial charge in [-0.15, -0.1) is 0 Å². The second kappa shape index (κ2) is 7.40. The van der Waals surface area contributed by atoms with Crippen LogP contribution in [0.25, 0.3) is 0 Å². The highest BCUT2D eigenvalue weighted by atomic mass is 19.2. The Labute approximate surface area is 136 Å². The van der Waals surface area contributed by atoms with E-state index in [2.05, 4.69) is 10.6 Å². The van der Waals surface area contributed by atoms with Gasteiger partial charge in [0.2, 0.25) is 0 Å². The molecule has 0 bridgehead atoms. The zero-order chi connectivity index (χ0) is 17.7. The van der Waals surface area contributed by atoms with Gasteiger partial charge in [-0.3, -0.25) is 9.59 Å². The maximum Gasteiger partial charge on any atom is 0.314 e. The average molecular weight is 336 g/mol. The van der Waals surface area contributed by atoms with Crippen LogP contribution in [0, 0.1) is 11.6 Å². The van der Waals surface area contributed by atoms with Crippen molar-refractivity contribution in [2.24, 2.45) is 0 Å². The van der Waals surface area contributed by atoms with Gasteiger partial charge in [-0.05, 0) is 24.3 Å². The summed E-state index contributed by atoms with van der Waals surface area (Å²) < 4.78 is 36.1. The summed E-state index contributed by atoms with van der Waals surface area (Å²) in [5.41, 5.74) is 0.175. The molecule has 0 aliphatic rings. The van der Waals surface area contributed by atoms with Crippen molar-refractivity contribution in [2.45, 2.75) is 0 Å². The number of rotatable bonds is 4. The lowest BCUT2D eigenvalue weighted by Gasteiger charge is -2.11. The minimum Gasteiger partial charge on any atom is -0.497 e. The van der Waals surface area contributed by atoms with E-state index < -0.39 is 23.4 Å². The number of benzene rings is 2. The number of halogens is 2. The Morgan fingerprint density at radius 1 is 0.875 bits per heavy atom. The van der Waals surface area contributed by atoms with Crippen molar-refractivity contribution in [1.29, 1.82) is 0 Å². The summed E-state index contributed by atoms with van der Waals surface area (Å²) in [6, 6.07) is 7.40. The van der Waals surface area contributed by atoms with Crippen LogP contribution in [0.15, 0.2) is 36.4 Å².